The standard InChI is InChI=1S/C9H5F4N/c10-6-1-2-7-5(3-4-14-7)8(6)9(11,12)13/h1-4,14H. The first-order chi connectivity index (χ1) is 6.50. The molecule has 0 aliphatic carbocycles. The minimum absolute atomic E-state index is 0.141. The van der Waals surface area contributed by atoms with E-state index in [0.717, 1.165) is 6.07 Å². The van der Waals surface area contributed by atoms with Gasteiger partial charge in [-0.25, -0.2) is 4.39 Å². The monoisotopic (exact) mass is 203 g/mol. The summed E-state index contributed by atoms with van der Waals surface area (Å²) >= 11 is 0. The molecule has 1 N–H and O–H groups in total. The van der Waals surface area contributed by atoms with E-state index in [1.807, 2.05) is 0 Å². The second-order valence-electron chi connectivity index (χ2n) is 2.86. The van der Waals surface area contributed by atoms with Gasteiger partial charge in [0, 0.05) is 17.1 Å². The van der Waals surface area contributed by atoms with Gasteiger partial charge in [0.15, 0.2) is 0 Å². The molecule has 1 nitrogen and oxygen atoms in total. The molecule has 1 heterocycles. The lowest BCUT2D eigenvalue weighted by molar-refractivity contribution is -0.138. The fourth-order valence-corrected chi connectivity index (χ4v) is 1.39. The molecule has 0 spiro atoms. The Labute approximate surface area is 76.3 Å². The third-order valence-corrected chi connectivity index (χ3v) is 1.97. The zero-order valence-electron chi connectivity index (χ0n) is 6.82. The first-order valence-electron chi connectivity index (χ1n) is 3.83. The minimum Gasteiger partial charge on any atom is -0.361 e. The lowest BCUT2D eigenvalue weighted by Gasteiger charge is -2.08. The second-order valence-corrected chi connectivity index (χ2v) is 2.86. The van der Waals surface area contributed by atoms with Gasteiger partial charge < -0.3 is 4.98 Å². The van der Waals surface area contributed by atoms with Crippen molar-refractivity contribution in [3.63, 3.8) is 0 Å². The van der Waals surface area contributed by atoms with Gasteiger partial charge >= 0.3 is 6.18 Å². The normalized spacial score (nSPS) is 12.3. The van der Waals surface area contributed by atoms with Crippen LogP contribution in [0, 0.1) is 5.82 Å². The molecule has 0 saturated carbocycles. The van der Waals surface area contributed by atoms with E-state index in [2.05, 4.69) is 4.98 Å². The summed E-state index contributed by atoms with van der Waals surface area (Å²) in [4.78, 5) is 2.59. The maximum absolute atomic E-state index is 13.0. The lowest BCUT2D eigenvalue weighted by atomic mass is 10.1. The van der Waals surface area contributed by atoms with Crippen LogP contribution in [0.2, 0.25) is 0 Å². The summed E-state index contributed by atoms with van der Waals surface area (Å²) in [5, 5.41) is -0.141. The number of hydrogen-bond donors (Lipinski definition) is 1. The largest absolute Gasteiger partial charge is 0.419 e. The van der Waals surface area contributed by atoms with Gasteiger partial charge in [0.1, 0.15) is 11.4 Å². The fourth-order valence-electron chi connectivity index (χ4n) is 1.39. The molecule has 74 valence electrons. The molecule has 5 heteroatoms. The van der Waals surface area contributed by atoms with Crippen LogP contribution in [0.1, 0.15) is 5.56 Å². The van der Waals surface area contributed by atoms with Crippen molar-refractivity contribution in [2.45, 2.75) is 6.18 Å². The molecule has 1 aromatic heterocycles. The molecule has 0 fully saturated rings. The van der Waals surface area contributed by atoms with Crippen LogP contribution in [0.25, 0.3) is 10.9 Å². The molecule has 14 heavy (non-hydrogen) atoms. The molecule has 2 rings (SSSR count). The average molecular weight is 203 g/mol. The molecular weight excluding hydrogens is 198 g/mol. The van der Waals surface area contributed by atoms with Crippen LogP contribution in [0.15, 0.2) is 24.4 Å². The fraction of sp³-hybridized carbons (Fsp3) is 0.111. The van der Waals surface area contributed by atoms with Gasteiger partial charge in [-0.3, -0.25) is 0 Å². The topological polar surface area (TPSA) is 15.8 Å². The number of aromatic nitrogens is 1. The molecule has 0 bridgehead atoms. The van der Waals surface area contributed by atoms with Gasteiger partial charge in [0.25, 0.3) is 0 Å². The molecule has 0 amide bonds. The predicted molar refractivity (Wildman–Crippen MR) is 43.3 cm³/mol. The van der Waals surface area contributed by atoms with Crippen LogP contribution in [0.5, 0.6) is 0 Å². The highest BCUT2D eigenvalue weighted by molar-refractivity contribution is 5.83. The number of halogens is 4. The molecule has 1 aromatic carbocycles. The highest BCUT2D eigenvalue weighted by Gasteiger charge is 2.36. The van der Waals surface area contributed by atoms with Crippen molar-refractivity contribution in [3.8, 4) is 0 Å². The summed E-state index contributed by atoms with van der Waals surface area (Å²) in [6.45, 7) is 0. The molecule has 0 aliphatic heterocycles. The minimum atomic E-state index is -4.66. The summed E-state index contributed by atoms with van der Waals surface area (Å²) in [6, 6.07) is 3.29. The molecule has 0 saturated heterocycles. The van der Waals surface area contributed by atoms with Crippen molar-refractivity contribution in [2.75, 3.05) is 0 Å². The maximum Gasteiger partial charge on any atom is 0.419 e. The van der Waals surface area contributed by atoms with Crippen molar-refractivity contribution in [3.05, 3.63) is 35.8 Å². The number of fused-ring (bicyclic) bond motifs is 1. The Morgan fingerprint density at radius 2 is 1.79 bits per heavy atom. The Balaban J connectivity index is 2.83. The SMILES string of the molecule is Fc1ccc2[nH]ccc2c1C(F)(F)F. The predicted octanol–water partition coefficient (Wildman–Crippen LogP) is 3.33. The molecule has 0 radical (unpaired) electrons. The van der Waals surface area contributed by atoms with E-state index in [4.69, 9.17) is 0 Å². The highest BCUT2D eigenvalue weighted by atomic mass is 19.4. The Morgan fingerprint density at radius 3 is 2.43 bits per heavy atom. The number of H-pyrrole nitrogens is 1. The molecule has 0 unspecified atom stereocenters. The number of benzene rings is 1. The van der Waals surface area contributed by atoms with Gasteiger partial charge in [-0.05, 0) is 18.2 Å². The van der Waals surface area contributed by atoms with E-state index in [9.17, 15) is 17.6 Å². The van der Waals surface area contributed by atoms with Crippen LogP contribution in [0.3, 0.4) is 0 Å². The van der Waals surface area contributed by atoms with Gasteiger partial charge in [0.05, 0.1) is 0 Å². The van der Waals surface area contributed by atoms with Gasteiger partial charge in [-0.2, -0.15) is 13.2 Å². The van der Waals surface area contributed by atoms with Crippen molar-refractivity contribution in [1.82, 2.24) is 4.98 Å². The summed E-state index contributed by atoms with van der Waals surface area (Å²) in [5.41, 5.74) is -0.935. The molecular formula is C9H5F4N. The molecule has 0 aliphatic rings. The Hall–Kier alpha value is -1.52. The van der Waals surface area contributed by atoms with Gasteiger partial charge in [0.2, 0.25) is 0 Å². The average Bonchev–Trinajstić information content (AvgIpc) is 2.48. The van der Waals surface area contributed by atoms with E-state index >= 15 is 0 Å². The zero-order valence-corrected chi connectivity index (χ0v) is 6.82. The van der Waals surface area contributed by atoms with E-state index in [1.165, 1.54) is 18.3 Å². The summed E-state index contributed by atoms with van der Waals surface area (Å²) in [5.74, 6) is -1.25. The van der Waals surface area contributed by atoms with E-state index in [1.54, 1.807) is 0 Å². The van der Waals surface area contributed by atoms with Crippen LogP contribution in [0.4, 0.5) is 17.6 Å². The summed E-state index contributed by atoms with van der Waals surface area (Å²) in [6.07, 6.45) is -3.31. The van der Waals surface area contributed by atoms with Gasteiger partial charge in [-0.1, -0.05) is 0 Å². The lowest BCUT2D eigenvalue weighted by Crippen LogP contribution is -2.08. The van der Waals surface area contributed by atoms with E-state index < -0.39 is 17.6 Å². The Bertz CT molecular complexity index is 469. The summed E-state index contributed by atoms with van der Waals surface area (Å²) in [7, 11) is 0. The molecule has 2 aromatic rings. The first kappa shape index (κ1) is 9.05. The third kappa shape index (κ3) is 1.25. The quantitative estimate of drug-likeness (QED) is 0.632. The third-order valence-electron chi connectivity index (χ3n) is 1.97. The van der Waals surface area contributed by atoms with E-state index in [-0.39, 0.29) is 10.9 Å². The van der Waals surface area contributed by atoms with Crippen molar-refractivity contribution in [2.24, 2.45) is 0 Å². The van der Waals surface area contributed by atoms with Crippen LogP contribution < -0.4 is 0 Å². The number of alkyl halides is 3. The van der Waals surface area contributed by atoms with Crippen molar-refractivity contribution in [1.29, 1.82) is 0 Å². The van der Waals surface area contributed by atoms with Crippen molar-refractivity contribution < 1.29 is 17.6 Å². The van der Waals surface area contributed by atoms with Gasteiger partial charge in [-0.15, -0.1) is 0 Å². The van der Waals surface area contributed by atoms with Crippen LogP contribution >= 0.6 is 0 Å². The summed E-state index contributed by atoms with van der Waals surface area (Å²) < 4.78 is 50.2. The number of rotatable bonds is 0. The number of nitrogens with one attached hydrogen (secondary N) is 1. The highest BCUT2D eigenvalue weighted by Crippen LogP contribution is 2.36. The second kappa shape index (κ2) is 2.73. The van der Waals surface area contributed by atoms with Crippen LogP contribution in [-0.4, -0.2) is 4.98 Å². The maximum atomic E-state index is 13.0. The molecule has 0 atom stereocenters. The smallest absolute Gasteiger partial charge is 0.361 e. The Kier molecular flexibility index (Phi) is 1.77. The Morgan fingerprint density at radius 1 is 1.07 bits per heavy atom. The number of hydrogen-bond acceptors (Lipinski definition) is 0. The van der Waals surface area contributed by atoms with Crippen LogP contribution in [-0.2, 0) is 6.18 Å². The zero-order chi connectivity index (χ0) is 10.3. The first-order valence-corrected chi connectivity index (χ1v) is 3.83. The van der Waals surface area contributed by atoms with Crippen molar-refractivity contribution >= 4 is 10.9 Å². The number of aromatic amines is 1. The van der Waals surface area contributed by atoms with E-state index in [0.29, 0.717) is 0 Å².